The van der Waals surface area contributed by atoms with Crippen LogP contribution in [0.2, 0.25) is 0 Å². The van der Waals surface area contributed by atoms with Gasteiger partial charge in [0.05, 0.1) is 6.61 Å². The third-order valence-electron chi connectivity index (χ3n) is 2.35. The summed E-state index contributed by atoms with van der Waals surface area (Å²) in [4.78, 5) is 7.56. The molecule has 1 heterocycles. The van der Waals surface area contributed by atoms with Gasteiger partial charge >= 0.3 is 0 Å². The van der Waals surface area contributed by atoms with Crippen LogP contribution in [0.1, 0.15) is 11.4 Å². The second-order valence-electron chi connectivity index (χ2n) is 3.69. The summed E-state index contributed by atoms with van der Waals surface area (Å²) in [6, 6.07) is 8.18. The molecule has 16 heavy (non-hydrogen) atoms. The van der Waals surface area contributed by atoms with Crippen LogP contribution in [0.25, 0.3) is 11.3 Å². The van der Waals surface area contributed by atoms with E-state index in [9.17, 15) is 0 Å². The van der Waals surface area contributed by atoms with Gasteiger partial charge in [-0.3, -0.25) is 0 Å². The SMILES string of the molecule is Cc1cccc(-c2nc(CCO)[nH]c2Br)c1. The first kappa shape index (κ1) is 11.4. The number of nitrogens with zero attached hydrogens (tertiary/aromatic N) is 1. The van der Waals surface area contributed by atoms with Crippen molar-refractivity contribution in [2.45, 2.75) is 13.3 Å². The lowest BCUT2D eigenvalue weighted by Crippen LogP contribution is -1.92. The van der Waals surface area contributed by atoms with E-state index in [2.05, 4.69) is 45.0 Å². The second kappa shape index (κ2) is 4.80. The Hall–Kier alpha value is -1.13. The molecular formula is C12H13BrN2O. The van der Waals surface area contributed by atoms with Gasteiger partial charge in [-0.05, 0) is 28.9 Å². The second-order valence-corrected chi connectivity index (χ2v) is 4.48. The number of aryl methyl sites for hydroxylation is 1. The molecule has 0 atom stereocenters. The largest absolute Gasteiger partial charge is 0.396 e. The molecule has 0 aliphatic rings. The number of H-pyrrole nitrogens is 1. The molecule has 0 saturated heterocycles. The Balaban J connectivity index is 2.40. The number of nitrogens with one attached hydrogen (secondary N) is 1. The highest BCUT2D eigenvalue weighted by molar-refractivity contribution is 9.10. The van der Waals surface area contributed by atoms with Gasteiger partial charge in [0.25, 0.3) is 0 Å². The van der Waals surface area contributed by atoms with Crippen molar-refractivity contribution in [3.05, 3.63) is 40.3 Å². The monoisotopic (exact) mass is 280 g/mol. The zero-order valence-corrected chi connectivity index (χ0v) is 10.6. The molecule has 84 valence electrons. The van der Waals surface area contributed by atoms with Gasteiger partial charge in [-0.2, -0.15) is 0 Å². The maximum atomic E-state index is 8.86. The Bertz CT molecular complexity index is 494. The lowest BCUT2D eigenvalue weighted by Gasteiger charge is -1.98. The summed E-state index contributed by atoms with van der Waals surface area (Å²) in [6.45, 7) is 2.16. The van der Waals surface area contributed by atoms with E-state index < -0.39 is 0 Å². The first-order valence-electron chi connectivity index (χ1n) is 5.13. The quantitative estimate of drug-likeness (QED) is 0.908. The molecule has 3 nitrogen and oxygen atoms in total. The predicted molar refractivity (Wildman–Crippen MR) is 67.3 cm³/mol. The van der Waals surface area contributed by atoms with Crippen LogP contribution in [0.15, 0.2) is 28.9 Å². The van der Waals surface area contributed by atoms with Crippen molar-refractivity contribution >= 4 is 15.9 Å². The number of benzene rings is 1. The molecule has 0 unspecified atom stereocenters. The molecule has 0 bridgehead atoms. The molecule has 0 radical (unpaired) electrons. The molecule has 2 N–H and O–H groups in total. The number of halogens is 1. The van der Waals surface area contributed by atoms with Gasteiger partial charge in [-0.25, -0.2) is 4.98 Å². The molecule has 2 aromatic rings. The highest BCUT2D eigenvalue weighted by Gasteiger charge is 2.09. The summed E-state index contributed by atoms with van der Waals surface area (Å²) >= 11 is 3.45. The smallest absolute Gasteiger partial charge is 0.110 e. The normalized spacial score (nSPS) is 10.7. The van der Waals surface area contributed by atoms with E-state index in [1.54, 1.807) is 0 Å². The van der Waals surface area contributed by atoms with Crippen LogP contribution >= 0.6 is 15.9 Å². The fourth-order valence-corrected chi connectivity index (χ4v) is 2.15. The fourth-order valence-electron chi connectivity index (χ4n) is 1.61. The summed E-state index contributed by atoms with van der Waals surface area (Å²) in [5, 5.41) is 8.86. The van der Waals surface area contributed by atoms with Crippen LogP contribution in [0.5, 0.6) is 0 Å². The van der Waals surface area contributed by atoms with Crippen molar-refractivity contribution in [3.8, 4) is 11.3 Å². The first-order valence-corrected chi connectivity index (χ1v) is 5.92. The van der Waals surface area contributed by atoms with E-state index in [1.807, 2.05) is 12.1 Å². The van der Waals surface area contributed by atoms with E-state index >= 15 is 0 Å². The number of hydrogen-bond acceptors (Lipinski definition) is 2. The Morgan fingerprint density at radius 2 is 2.25 bits per heavy atom. The number of aliphatic hydroxyl groups excluding tert-OH is 1. The Labute approximate surface area is 103 Å². The number of imidazole rings is 1. The van der Waals surface area contributed by atoms with Crippen molar-refractivity contribution in [1.29, 1.82) is 0 Å². The zero-order chi connectivity index (χ0) is 11.5. The highest BCUT2D eigenvalue weighted by atomic mass is 79.9. The summed E-state index contributed by atoms with van der Waals surface area (Å²) in [7, 11) is 0. The van der Waals surface area contributed by atoms with Gasteiger partial charge in [0.1, 0.15) is 16.1 Å². The molecule has 2 rings (SSSR count). The zero-order valence-electron chi connectivity index (χ0n) is 9.00. The lowest BCUT2D eigenvalue weighted by atomic mass is 10.1. The summed E-state index contributed by atoms with van der Waals surface area (Å²) in [5.74, 6) is 0.797. The summed E-state index contributed by atoms with van der Waals surface area (Å²) in [5.41, 5.74) is 3.18. The van der Waals surface area contributed by atoms with Gasteiger partial charge in [-0.15, -0.1) is 0 Å². The van der Waals surface area contributed by atoms with Gasteiger partial charge in [0.15, 0.2) is 0 Å². The van der Waals surface area contributed by atoms with Crippen molar-refractivity contribution in [2.75, 3.05) is 6.61 Å². The Morgan fingerprint density at radius 1 is 1.44 bits per heavy atom. The first-order chi connectivity index (χ1) is 7.70. The van der Waals surface area contributed by atoms with Gasteiger partial charge in [0.2, 0.25) is 0 Å². The number of aromatic amines is 1. The van der Waals surface area contributed by atoms with Crippen LogP contribution in [-0.4, -0.2) is 21.7 Å². The summed E-state index contributed by atoms with van der Waals surface area (Å²) < 4.78 is 0.863. The van der Waals surface area contributed by atoms with E-state index in [4.69, 9.17) is 5.11 Å². The molecule has 0 spiro atoms. The van der Waals surface area contributed by atoms with Gasteiger partial charge in [0, 0.05) is 12.0 Å². The van der Waals surface area contributed by atoms with Crippen molar-refractivity contribution in [2.24, 2.45) is 0 Å². The van der Waals surface area contributed by atoms with Crippen molar-refractivity contribution in [1.82, 2.24) is 9.97 Å². The average molecular weight is 281 g/mol. The van der Waals surface area contributed by atoms with Crippen LogP contribution in [0.4, 0.5) is 0 Å². The van der Waals surface area contributed by atoms with Crippen LogP contribution in [0.3, 0.4) is 0 Å². The predicted octanol–water partition coefficient (Wildman–Crippen LogP) is 2.68. The Kier molecular flexibility index (Phi) is 3.41. The van der Waals surface area contributed by atoms with Gasteiger partial charge in [-0.1, -0.05) is 23.8 Å². The molecule has 0 aliphatic heterocycles. The van der Waals surface area contributed by atoms with E-state index in [0.29, 0.717) is 6.42 Å². The summed E-state index contributed by atoms with van der Waals surface area (Å²) in [6.07, 6.45) is 0.546. The van der Waals surface area contributed by atoms with Crippen molar-refractivity contribution < 1.29 is 5.11 Å². The highest BCUT2D eigenvalue weighted by Crippen LogP contribution is 2.26. The minimum Gasteiger partial charge on any atom is -0.396 e. The fraction of sp³-hybridized carbons (Fsp3) is 0.250. The molecule has 4 heteroatoms. The third kappa shape index (κ3) is 2.33. The topological polar surface area (TPSA) is 48.9 Å². The number of aromatic nitrogens is 2. The molecule has 1 aromatic carbocycles. The van der Waals surface area contributed by atoms with Gasteiger partial charge < -0.3 is 10.1 Å². The average Bonchev–Trinajstić information content (AvgIpc) is 2.60. The minimum absolute atomic E-state index is 0.104. The van der Waals surface area contributed by atoms with Crippen molar-refractivity contribution in [3.63, 3.8) is 0 Å². The Morgan fingerprint density at radius 3 is 2.94 bits per heavy atom. The molecule has 0 aliphatic carbocycles. The number of rotatable bonds is 3. The van der Waals surface area contributed by atoms with Crippen LogP contribution in [-0.2, 0) is 6.42 Å². The van der Waals surface area contributed by atoms with E-state index in [0.717, 1.165) is 21.7 Å². The van der Waals surface area contributed by atoms with Crippen LogP contribution < -0.4 is 0 Å². The minimum atomic E-state index is 0.104. The van der Waals surface area contributed by atoms with Crippen LogP contribution in [0, 0.1) is 6.92 Å². The lowest BCUT2D eigenvalue weighted by molar-refractivity contribution is 0.297. The number of hydrogen-bond donors (Lipinski definition) is 2. The van der Waals surface area contributed by atoms with E-state index in [1.165, 1.54) is 5.56 Å². The molecule has 0 saturated carbocycles. The molecular weight excluding hydrogens is 268 g/mol. The maximum Gasteiger partial charge on any atom is 0.110 e. The molecule has 0 fully saturated rings. The number of aliphatic hydroxyl groups is 1. The molecule has 0 amide bonds. The van der Waals surface area contributed by atoms with E-state index in [-0.39, 0.29) is 6.61 Å². The third-order valence-corrected chi connectivity index (χ3v) is 2.92. The molecule has 1 aromatic heterocycles. The standard InChI is InChI=1S/C12H13BrN2O/c1-8-3-2-4-9(7-8)11-12(13)15-10(14-11)5-6-16/h2-4,7,16H,5-6H2,1H3,(H,14,15). The maximum absolute atomic E-state index is 8.86.